The second kappa shape index (κ2) is 8.87. The van der Waals surface area contributed by atoms with Gasteiger partial charge in [-0.1, -0.05) is 36.4 Å². The Kier molecular flexibility index (Phi) is 6.05. The van der Waals surface area contributed by atoms with Crippen LogP contribution in [0.2, 0.25) is 0 Å². The first-order chi connectivity index (χ1) is 14.2. The van der Waals surface area contributed by atoms with Crippen LogP contribution in [0.1, 0.15) is 48.5 Å². The molecule has 2 saturated heterocycles. The molecular weight excluding hydrogens is 364 g/mol. The van der Waals surface area contributed by atoms with Gasteiger partial charge in [0.2, 0.25) is 0 Å². The number of amides is 1. The highest BCUT2D eigenvalue weighted by Crippen LogP contribution is 2.37. The van der Waals surface area contributed by atoms with Crippen LogP contribution in [0.3, 0.4) is 0 Å². The molecule has 0 aromatic heterocycles. The molecule has 1 amide bonds. The summed E-state index contributed by atoms with van der Waals surface area (Å²) in [5, 5.41) is 3.26. The summed E-state index contributed by atoms with van der Waals surface area (Å²) in [6, 6.07) is 17.4. The van der Waals surface area contributed by atoms with E-state index in [0.29, 0.717) is 35.8 Å². The Morgan fingerprint density at radius 1 is 1.07 bits per heavy atom. The number of para-hydroxylation sites is 1. The first-order valence-corrected chi connectivity index (χ1v) is 10.6. The van der Waals surface area contributed by atoms with Gasteiger partial charge in [-0.2, -0.15) is 0 Å². The lowest BCUT2D eigenvalue weighted by Gasteiger charge is -2.39. The molecule has 2 aromatic carbocycles. The molecule has 2 aromatic rings. The number of methoxy groups -OCH3 is 1. The molecule has 2 fully saturated rings. The second-order valence-corrected chi connectivity index (χ2v) is 7.95. The van der Waals surface area contributed by atoms with E-state index in [4.69, 9.17) is 9.47 Å². The topological polar surface area (TPSA) is 50.8 Å². The first-order valence-electron chi connectivity index (χ1n) is 10.6. The van der Waals surface area contributed by atoms with E-state index in [-0.39, 0.29) is 11.9 Å². The van der Waals surface area contributed by atoms with E-state index in [1.807, 2.05) is 19.1 Å². The molecule has 2 bridgehead atoms. The van der Waals surface area contributed by atoms with Crippen molar-refractivity contribution in [2.24, 2.45) is 0 Å². The number of fused-ring (bicyclic) bond motifs is 2. The molecule has 0 spiro atoms. The number of nitrogens with one attached hydrogen (secondary N) is 1. The van der Waals surface area contributed by atoms with Crippen molar-refractivity contribution in [3.8, 4) is 11.5 Å². The van der Waals surface area contributed by atoms with E-state index in [0.717, 1.165) is 19.4 Å². The van der Waals surface area contributed by atoms with Crippen molar-refractivity contribution < 1.29 is 14.3 Å². The van der Waals surface area contributed by atoms with Crippen LogP contribution in [0.4, 0.5) is 0 Å². The minimum absolute atomic E-state index is 0.0793. The van der Waals surface area contributed by atoms with Gasteiger partial charge in [0.25, 0.3) is 5.91 Å². The fourth-order valence-electron chi connectivity index (χ4n) is 4.88. The number of nitrogens with zero attached hydrogens (tertiary/aromatic N) is 1. The average molecular weight is 395 g/mol. The van der Waals surface area contributed by atoms with Crippen LogP contribution in [0.15, 0.2) is 48.5 Å². The minimum Gasteiger partial charge on any atom is -0.492 e. The number of hydrogen-bond donors (Lipinski definition) is 1. The van der Waals surface area contributed by atoms with E-state index in [9.17, 15) is 4.79 Å². The van der Waals surface area contributed by atoms with Crippen molar-refractivity contribution in [3.05, 3.63) is 59.7 Å². The van der Waals surface area contributed by atoms with Crippen molar-refractivity contribution in [1.82, 2.24) is 10.2 Å². The number of hydrogen-bond acceptors (Lipinski definition) is 4. The van der Waals surface area contributed by atoms with Gasteiger partial charge in [0.15, 0.2) is 11.5 Å². The quantitative estimate of drug-likeness (QED) is 0.771. The predicted molar refractivity (Wildman–Crippen MR) is 113 cm³/mol. The SMILES string of the molecule is CCOc1cccc(C(=O)NC2CC3CCC(C2)N3Cc2ccccc2)c1OC. The molecule has 4 rings (SSSR count). The smallest absolute Gasteiger partial charge is 0.255 e. The zero-order valence-corrected chi connectivity index (χ0v) is 17.3. The summed E-state index contributed by atoms with van der Waals surface area (Å²) >= 11 is 0. The summed E-state index contributed by atoms with van der Waals surface area (Å²) in [6.45, 7) is 3.46. The first kappa shape index (κ1) is 19.8. The maximum Gasteiger partial charge on any atom is 0.255 e. The third-order valence-corrected chi connectivity index (χ3v) is 6.16. The third kappa shape index (κ3) is 4.25. The average Bonchev–Trinajstić information content (AvgIpc) is 2.96. The number of carbonyl (C=O) groups excluding carboxylic acids is 1. The molecule has 0 radical (unpaired) electrons. The fourth-order valence-corrected chi connectivity index (χ4v) is 4.88. The lowest BCUT2D eigenvalue weighted by atomic mass is 9.96. The van der Waals surface area contributed by atoms with Gasteiger partial charge < -0.3 is 14.8 Å². The zero-order chi connectivity index (χ0) is 20.2. The summed E-state index contributed by atoms with van der Waals surface area (Å²) in [6.07, 6.45) is 4.44. The monoisotopic (exact) mass is 394 g/mol. The van der Waals surface area contributed by atoms with E-state index in [2.05, 4.69) is 40.5 Å². The van der Waals surface area contributed by atoms with Gasteiger partial charge in [-0.3, -0.25) is 9.69 Å². The minimum atomic E-state index is -0.0793. The van der Waals surface area contributed by atoms with Crippen molar-refractivity contribution >= 4 is 5.91 Å². The fraction of sp³-hybridized carbons (Fsp3) is 0.458. The highest BCUT2D eigenvalue weighted by Gasteiger charge is 2.41. The molecule has 2 heterocycles. The van der Waals surface area contributed by atoms with Gasteiger partial charge >= 0.3 is 0 Å². The molecular formula is C24H30N2O3. The Morgan fingerprint density at radius 2 is 1.79 bits per heavy atom. The van der Waals surface area contributed by atoms with Crippen LogP contribution in [-0.4, -0.2) is 42.6 Å². The van der Waals surface area contributed by atoms with Crippen molar-refractivity contribution in [3.63, 3.8) is 0 Å². The highest BCUT2D eigenvalue weighted by molar-refractivity contribution is 5.98. The number of carbonyl (C=O) groups is 1. The van der Waals surface area contributed by atoms with Crippen LogP contribution in [0.5, 0.6) is 11.5 Å². The van der Waals surface area contributed by atoms with Gasteiger partial charge in [-0.25, -0.2) is 0 Å². The molecule has 5 heteroatoms. The van der Waals surface area contributed by atoms with E-state index in [1.54, 1.807) is 13.2 Å². The van der Waals surface area contributed by atoms with Gasteiger partial charge in [0.1, 0.15) is 0 Å². The molecule has 0 aliphatic carbocycles. The van der Waals surface area contributed by atoms with Gasteiger partial charge in [-0.05, 0) is 50.3 Å². The Hall–Kier alpha value is -2.53. The summed E-state index contributed by atoms with van der Waals surface area (Å²) in [4.78, 5) is 15.6. The number of benzene rings is 2. The number of piperidine rings is 1. The van der Waals surface area contributed by atoms with Crippen molar-refractivity contribution in [2.75, 3.05) is 13.7 Å². The number of rotatable bonds is 7. The lowest BCUT2D eigenvalue weighted by Crippen LogP contribution is -2.50. The summed E-state index contributed by atoms with van der Waals surface area (Å²) in [5.74, 6) is 1.04. The van der Waals surface area contributed by atoms with E-state index < -0.39 is 0 Å². The Balaban J connectivity index is 1.42. The molecule has 29 heavy (non-hydrogen) atoms. The van der Waals surface area contributed by atoms with Crippen LogP contribution < -0.4 is 14.8 Å². The second-order valence-electron chi connectivity index (χ2n) is 7.95. The third-order valence-electron chi connectivity index (χ3n) is 6.16. The Labute approximate surface area is 173 Å². The predicted octanol–water partition coefficient (Wildman–Crippen LogP) is 4.02. The summed E-state index contributed by atoms with van der Waals surface area (Å²) in [7, 11) is 1.58. The van der Waals surface area contributed by atoms with Gasteiger partial charge in [0, 0.05) is 24.7 Å². The summed E-state index contributed by atoms with van der Waals surface area (Å²) in [5.41, 5.74) is 1.90. The lowest BCUT2D eigenvalue weighted by molar-refractivity contribution is 0.0824. The Morgan fingerprint density at radius 3 is 2.45 bits per heavy atom. The summed E-state index contributed by atoms with van der Waals surface area (Å²) < 4.78 is 11.1. The van der Waals surface area contributed by atoms with Crippen LogP contribution in [0.25, 0.3) is 0 Å². The molecule has 5 nitrogen and oxygen atoms in total. The largest absolute Gasteiger partial charge is 0.492 e. The Bertz CT molecular complexity index is 825. The standard InChI is InChI=1S/C24H30N2O3/c1-3-29-22-11-7-10-21(23(22)28-2)24(27)25-18-14-19-12-13-20(15-18)26(19)16-17-8-5-4-6-9-17/h4-11,18-20H,3,12-16H2,1-2H3,(H,25,27). The van der Waals surface area contributed by atoms with Gasteiger partial charge in [0.05, 0.1) is 19.3 Å². The van der Waals surface area contributed by atoms with Crippen LogP contribution in [0, 0.1) is 0 Å². The number of ether oxygens (including phenoxy) is 2. The zero-order valence-electron chi connectivity index (χ0n) is 17.3. The van der Waals surface area contributed by atoms with Crippen LogP contribution in [-0.2, 0) is 6.54 Å². The molecule has 2 atom stereocenters. The molecule has 2 unspecified atom stereocenters. The molecule has 2 aliphatic heterocycles. The van der Waals surface area contributed by atoms with Gasteiger partial charge in [-0.15, -0.1) is 0 Å². The van der Waals surface area contributed by atoms with E-state index >= 15 is 0 Å². The van der Waals surface area contributed by atoms with E-state index in [1.165, 1.54) is 18.4 Å². The maximum absolute atomic E-state index is 13.0. The maximum atomic E-state index is 13.0. The molecule has 154 valence electrons. The van der Waals surface area contributed by atoms with Crippen molar-refractivity contribution in [1.29, 1.82) is 0 Å². The molecule has 0 saturated carbocycles. The van der Waals surface area contributed by atoms with Crippen molar-refractivity contribution in [2.45, 2.75) is 57.3 Å². The highest BCUT2D eigenvalue weighted by atomic mass is 16.5. The molecule has 2 aliphatic rings. The molecule has 1 N–H and O–H groups in total. The normalized spacial score (nSPS) is 23.6. The van der Waals surface area contributed by atoms with Crippen LogP contribution >= 0.6 is 0 Å².